The average Bonchev–Trinajstić information content (AvgIpc) is 3.25. The minimum atomic E-state index is -0.414. The van der Waals surface area contributed by atoms with Crippen molar-refractivity contribution < 1.29 is 13.7 Å². The molecule has 2 aromatic heterocycles. The van der Waals surface area contributed by atoms with Crippen molar-refractivity contribution in [1.82, 2.24) is 15.1 Å². The lowest BCUT2D eigenvalue weighted by molar-refractivity contribution is -0.117. The summed E-state index contributed by atoms with van der Waals surface area (Å²) in [5.41, 5.74) is 1.97. The molecule has 1 saturated heterocycles. The molecule has 1 aliphatic rings. The maximum absolute atomic E-state index is 14.1. The summed E-state index contributed by atoms with van der Waals surface area (Å²) in [6, 6.07) is 8.28. The van der Waals surface area contributed by atoms with Crippen molar-refractivity contribution in [3.8, 4) is 11.4 Å². The number of hydrogen-bond acceptors (Lipinski definition) is 5. The molecule has 3 aromatic rings. The van der Waals surface area contributed by atoms with E-state index < -0.39 is 5.82 Å². The number of carbonyl (C=O) groups excluding carboxylic acids is 1. The van der Waals surface area contributed by atoms with E-state index in [-0.39, 0.29) is 18.2 Å². The number of pyridine rings is 1. The zero-order valence-electron chi connectivity index (χ0n) is 13.5. The van der Waals surface area contributed by atoms with Gasteiger partial charge in [0.05, 0.1) is 11.6 Å². The number of amides is 1. The predicted molar refractivity (Wildman–Crippen MR) is 88.4 cm³/mol. The van der Waals surface area contributed by atoms with Crippen molar-refractivity contribution in [1.29, 1.82) is 0 Å². The first-order valence-electron chi connectivity index (χ1n) is 7.92. The first kappa shape index (κ1) is 15.4. The molecule has 7 heteroatoms. The van der Waals surface area contributed by atoms with E-state index in [1.54, 1.807) is 36.7 Å². The molecule has 1 aromatic carbocycles. The van der Waals surface area contributed by atoms with E-state index in [1.807, 2.05) is 6.92 Å². The number of aryl methyl sites for hydroxylation is 1. The molecular formula is C18H15FN4O2. The lowest BCUT2D eigenvalue weighted by Crippen LogP contribution is -2.25. The quantitative estimate of drug-likeness (QED) is 0.734. The lowest BCUT2D eigenvalue weighted by Gasteiger charge is -2.17. The van der Waals surface area contributed by atoms with Crippen LogP contribution in [0.15, 0.2) is 47.2 Å². The van der Waals surface area contributed by atoms with Gasteiger partial charge in [-0.15, -0.1) is 0 Å². The Labute approximate surface area is 143 Å². The zero-order chi connectivity index (χ0) is 17.4. The number of benzene rings is 1. The topological polar surface area (TPSA) is 72.1 Å². The van der Waals surface area contributed by atoms with Gasteiger partial charge < -0.3 is 9.42 Å². The van der Waals surface area contributed by atoms with Crippen molar-refractivity contribution in [3.05, 3.63) is 60.0 Å². The Balaban J connectivity index is 1.59. The first-order chi connectivity index (χ1) is 12.1. The molecule has 0 aliphatic carbocycles. The van der Waals surface area contributed by atoms with E-state index in [2.05, 4.69) is 15.1 Å². The van der Waals surface area contributed by atoms with Crippen LogP contribution in [-0.2, 0) is 4.79 Å². The number of nitrogens with zero attached hydrogens (tertiary/aromatic N) is 4. The van der Waals surface area contributed by atoms with Crippen LogP contribution in [0.3, 0.4) is 0 Å². The summed E-state index contributed by atoms with van der Waals surface area (Å²) in [5.74, 6) is 0.0111. The Morgan fingerprint density at radius 3 is 2.84 bits per heavy atom. The highest BCUT2D eigenvalue weighted by atomic mass is 19.1. The number of hydrogen-bond donors (Lipinski definition) is 0. The molecule has 1 atom stereocenters. The van der Waals surface area contributed by atoms with Crippen molar-refractivity contribution in [3.63, 3.8) is 0 Å². The van der Waals surface area contributed by atoms with Crippen LogP contribution < -0.4 is 4.90 Å². The fraction of sp³-hybridized carbons (Fsp3) is 0.222. The van der Waals surface area contributed by atoms with Gasteiger partial charge in [-0.05, 0) is 36.8 Å². The Bertz CT molecular complexity index is 926. The van der Waals surface area contributed by atoms with Gasteiger partial charge >= 0.3 is 0 Å². The third-order valence-corrected chi connectivity index (χ3v) is 4.25. The van der Waals surface area contributed by atoms with Crippen LogP contribution >= 0.6 is 0 Å². The monoisotopic (exact) mass is 338 g/mol. The maximum atomic E-state index is 14.1. The molecule has 0 radical (unpaired) electrons. The Morgan fingerprint density at radius 1 is 1.24 bits per heavy atom. The van der Waals surface area contributed by atoms with Gasteiger partial charge in [0.15, 0.2) is 0 Å². The Hall–Kier alpha value is -3.09. The van der Waals surface area contributed by atoms with E-state index >= 15 is 0 Å². The van der Waals surface area contributed by atoms with E-state index in [1.165, 1.54) is 11.0 Å². The van der Waals surface area contributed by atoms with Gasteiger partial charge in [-0.3, -0.25) is 9.78 Å². The van der Waals surface area contributed by atoms with Crippen molar-refractivity contribution in [2.75, 3.05) is 11.4 Å². The van der Waals surface area contributed by atoms with Gasteiger partial charge in [0.2, 0.25) is 17.6 Å². The summed E-state index contributed by atoms with van der Waals surface area (Å²) in [5, 5.41) is 3.97. The van der Waals surface area contributed by atoms with Crippen molar-refractivity contribution in [2.45, 2.75) is 19.3 Å². The number of anilines is 1. The second kappa shape index (κ2) is 6.08. The zero-order valence-corrected chi connectivity index (χ0v) is 13.5. The third-order valence-electron chi connectivity index (χ3n) is 4.25. The van der Waals surface area contributed by atoms with Crippen LogP contribution in [0, 0.1) is 12.7 Å². The second-order valence-electron chi connectivity index (χ2n) is 6.05. The highest BCUT2D eigenvalue weighted by molar-refractivity contribution is 5.96. The molecule has 0 bridgehead atoms. The first-order valence-corrected chi connectivity index (χ1v) is 7.92. The molecule has 1 fully saturated rings. The highest BCUT2D eigenvalue weighted by Crippen LogP contribution is 2.33. The molecule has 1 unspecified atom stereocenters. The molecule has 1 amide bonds. The molecule has 0 N–H and O–H groups in total. The number of rotatable bonds is 3. The molecule has 4 rings (SSSR count). The van der Waals surface area contributed by atoms with Gasteiger partial charge in [-0.1, -0.05) is 11.2 Å². The second-order valence-corrected chi connectivity index (χ2v) is 6.05. The van der Waals surface area contributed by atoms with Crippen LogP contribution in [0.5, 0.6) is 0 Å². The van der Waals surface area contributed by atoms with E-state index in [9.17, 15) is 9.18 Å². The minimum absolute atomic E-state index is 0.154. The molecule has 1 aliphatic heterocycles. The van der Waals surface area contributed by atoms with Gasteiger partial charge in [0.25, 0.3) is 0 Å². The fourth-order valence-electron chi connectivity index (χ4n) is 2.95. The lowest BCUT2D eigenvalue weighted by atomic mass is 10.1. The Kier molecular flexibility index (Phi) is 3.76. The largest absolute Gasteiger partial charge is 0.339 e. The molecule has 6 nitrogen and oxygen atoms in total. The standard InChI is InChI=1S/C18H15FN4O2/c1-11-2-3-14(19)15(8-11)23-10-13(9-16(23)24)18-21-17(22-25-18)12-4-6-20-7-5-12/h2-8,13H,9-10H2,1H3. The summed E-state index contributed by atoms with van der Waals surface area (Å²) in [7, 11) is 0. The molecule has 126 valence electrons. The maximum Gasteiger partial charge on any atom is 0.232 e. The molecule has 0 spiro atoms. The van der Waals surface area contributed by atoms with E-state index in [0.29, 0.717) is 23.9 Å². The SMILES string of the molecule is Cc1ccc(F)c(N2CC(c3nc(-c4ccncc4)no3)CC2=O)c1. The van der Waals surface area contributed by atoms with Crippen LogP contribution in [0.25, 0.3) is 11.4 Å². The summed E-state index contributed by atoms with van der Waals surface area (Å²) in [6.45, 7) is 2.18. The molecule has 3 heterocycles. The van der Waals surface area contributed by atoms with Gasteiger partial charge in [0, 0.05) is 30.9 Å². The number of aromatic nitrogens is 3. The van der Waals surface area contributed by atoms with Gasteiger partial charge in [0.1, 0.15) is 5.82 Å². The van der Waals surface area contributed by atoms with Gasteiger partial charge in [-0.25, -0.2) is 4.39 Å². The third kappa shape index (κ3) is 2.88. The summed E-state index contributed by atoms with van der Waals surface area (Å²) in [6.07, 6.45) is 3.50. The van der Waals surface area contributed by atoms with Gasteiger partial charge in [-0.2, -0.15) is 4.98 Å². The summed E-state index contributed by atoms with van der Waals surface area (Å²) < 4.78 is 19.4. The summed E-state index contributed by atoms with van der Waals surface area (Å²) >= 11 is 0. The predicted octanol–water partition coefficient (Wildman–Crippen LogP) is 3.10. The molecule has 25 heavy (non-hydrogen) atoms. The Morgan fingerprint density at radius 2 is 2.04 bits per heavy atom. The van der Waals surface area contributed by atoms with Crippen molar-refractivity contribution in [2.24, 2.45) is 0 Å². The van der Waals surface area contributed by atoms with Crippen LogP contribution in [0.1, 0.15) is 23.8 Å². The van der Waals surface area contributed by atoms with Crippen LogP contribution in [0.4, 0.5) is 10.1 Å². The molecular weight excluding hydrogens is 323 g/mol. The minimum Gasteiger partial charge on any atom is -0.339 e. The van der Waals surface area contributed by atoms with Crippen molar-refractivity contribution >= 4 is 11.6 Å². The molecule has 0 saturated carbocycles. The number of halogens is 1. The number of carbonyl (C=O) groups is 1. The smallest absolute Gasteiger partial charge is 0.232 e. The van der Waals surface area contributed by atoms with E-state index in [0.717, 1.165) is 11.1 Å². The van der Waals surface area contributed by atoms with Crippen LogP contribution in [-0.4, -0.2) is 27.6 Å². The average molecular weight is 338 g/mol. The normalized spacial score (nSPS) is 17.3. The van der Waals surface area contributed by atoms with Crippen LogP contribution in [0.2, 0.25) is 0 Å². The fourth-order valence-corrected chi connectivity index (χ4v) is 2.95. The summed E-state index contributed by atoms with van der Waals surface area (Å²) in [4.78, 5) is 22.1. The van der Waals surface area contributed by atoms with E-state index in [4.69, 9.17) is 4.52 Å². The highest BCUT2D eigenvalue weighted by Gasteiger charge is 2.36.